The molecule has 110 valence electrons. The van der Waals surface area contributed by atoms with E-state index in [-0.39, 0.29) is 5.69 Å². The van der Waals surface area contributed by atoms with Gasteiger partial charge in [0.25, 0.3) is 5.69 Å². The number of rotatable bonds is 4. The Kier molecular flexibility index (Phi) is 4.85. The molecular formula is C13H20N4O2S. The van der Waals surface area contributed by atoms with E-state index in [1.807, 2.05) is 17.8 Å². The summed E-state index contributed by atoms with van der Waals surface area (Å²) in [6.45, 7) is 7.07. The van der Waals surface area contributed by atoms with Gasteiger partial charge in [-0.3, -0.25) is 20.9 Å². The van der Waals surface area contributed by atoms with Crippen molar-refractivity contribution in [3.63, 3.8) is 0 Å². The van der Waals surface area contributed by atoms with Gasteiger partial charge in [-0.2, -0.15) is 11.8 Å². The zero-order valence-corrected chi connectivity index (χ0v) is 12.5. The minimum Gasteiger partial charge on any atom is -0.318 e. The fraction of sp³-hybridized carbons (Fsp3) is 0.538. The highest BCUT2D eigenvalue weighted by Crippen LogP contribution is 2.31. The summed E-state index contributed by atoms with van der Waals surface area (Å²) in [6, 6.07) is 5.06. The lowest BCUT2D eigenvalue weighted by molar-refractivity contribution is -0.384. The topological polar surface area (TPSA) is 84.4 Å². The SMILES string of the molecule is CC1CN(Cc2cccc([N+](=O)[O-])c2NN)CC(C)S1. The summed E-state index contributed by atoms with van der Waals surface area (Å²) in [5.74, 6) is 5.47. The number of para-hydroxylation sites is 1. The van der Waals surface area contributed by atoms with Crippen molar-refractivity contribution in [1.82, 2.24) is 4.90 Å². The number of nitrogens with zero attached hydrogens (tertiary/aromatic N) is 2. The molecule has 1 saturated heterocycles. The van der Waals surface area contributed by atoms with Gasteiger partial charge >= 0.3 is 0 Å². The van der Waals surface area contributed by atoms with Crippen LogP contribution in [0, 0.1) is 10.1 Å². The van der Waals surface area contributed by atoms with Gasteiger partial charge in [-0.05, 0) is 5.56 Å². The molecule has 3 N–H and O–H groups in total. The molecular weight excluding hydrogens is 276 g/mol. The van der Waals surface area contributed by atoms with E-state index in [4.69, 9.17) is 5.84 Å². The summed E-state index contributed by atoms with van der Waals surface area (Å²) in [5, 5.41) is 12.2. The molecule has 2 unspecified atom stereocenters. The van der Waals surface area contributed by atoms with Crippen LogP contribution in [0.1, 0.15) is 19.4 Å². The first kappa shape index (κ1) is 15.1. The Hall–Kier alpha value is -1.31. The lowest BCUT2D eigenvalue weighted by Crippen LogP contribution is -2.39. The Morgan fingerprint density at radius 3 is 2.65 bits per heavy atom. The summed E-state index contributed by atoms with van der Waals surface area (Å²) >= 11 is 1.98. The number of nitrogens with two attached hydrogens (primary N) is 1. The zero-order chi connectivity index (χ0) is 14.7. The number of anilines is 1. The number of benzene rings is 1. The third-order valence-electron chi connectivity index (χ3n) is 3.36. The fourth-order valence-corrected chi connectivity index (χ4v) is 4.08. The number of nitrogens with one attached hydrogen (secondary N) is 1. The van der Waals surface area contributed by atoms with Gasteiger partial charge in [0.05, 0.1) is 4.92 Å². The highest BCUT2D eigenvalue weighted by molar-refractivity contribution is 8.00. The summed E-state index contributed by atoms with van der Waals surface area (Å²) in [7, 11) is 0. The van der Waals surface area contributed by atoms with Crippen LogP contribution in [0.3, 0.4) is 0 Å². The first-order chi connectivity index (χ1) is 9.51. The predicted molar refractivity (Wildman–Crippen MR) is 82.7 cm³/mol. The minimum absolute atomic E-state index is 0.0254. The van der Waals surface area contributed by atoms with E-state index in [0.717, 1.165) is 18.7 Å². The highest BCUT2D eigenvalue weighted by Gasteiger charge is 2.24. The molecule has 2 atom stereocenters. The molecule has 0 aromatic heterocycles. The maximum Gasteiger partial charge on any atom is 0.293 e. The summed E-state index contributed by atoms with van der Waals surface area (Å²) in [5.41, 5.74) is 3.79. The van der Waals surface area contributed by atoms with Crippen molar-refractivity contribution in [2.45, 2.75) is 30.9 Å². The lowest BCUT2D eigenvalue weighted by atomic mass is 10.1. The van der Waals surface area contributed by atoms with Gasteiger partial charge in [-0.25, -0.2) is 0 Å². The van der Waals surface area contributed by atoms with Gasteiger partial charge in [-0.1, -0.05) is 26.0 Å². The van der Waals surface area contributed by atoms with Gasteiger partial charge in [0.1, 0.15) is 5.69 Å². The van der Waals surface area contributed by atoms with Crippen LogP contribution in [0.4, 0.5) is 11.4 Å². The molecule has 1 aliphatic heterocycles. The van der Waals surface area contributed by atoms with Crippen LogP contribution in [-0.2, 0) is 6.54 Å². The summed E-state index contributed by atoms with van der Waals surface area (Å²) in [6.07, 6.45) is 0. The number of nitro groups is 1. The Morgan fingerprint density at radius 1 is 1.45 bits per heavy atom. The van der Waals surface area contributed by atoms with Gasteiger partial charge in [0.2, 0.25) is 0 Å². The van der Waals surface area contributed by atoms with Crippen LogP contribution in [0.2, 0.25) is 0 Å². The molecule has 1 fully saturated rings. The van der Waals surface area contributed by atoms with E-state index in [2.05, 4.69) is 24.2 Å². The molecule has 0 amide bonds. The molecule has 0 radical (unpaired) electrons. The second-order valence-corrected chi connectivity index (χ2v) is 7.05. The average molecular weight is 296 g/mol. The van der Waals surface area contributed by atoms with E-state index in [1.54, 1.807) is 6.07 Å². The van der Waals surface area contributed by atoms with E-state index < -0.39 is 4.92 Å². The number of hydrogen-bond acceptors (Lipinski definition) is 6. The molecule has 1 aromatic rings. The molecule has 7 heteroatoms. The summed E-state index contributed by atoms with van der Waals surface area (Å²) in [4.78, 5) is 12.9. The monoisotopic (exact) mass is 296 g/mol. The van der Waals surface area contributed by atoms with Crippen LogP contribution >= 0.6 is 11.8 Å². The van der Waals surface area contributed by atoms with Crippen LogP contribution in [0.15, 0.2) is 18.2 Å². The van der Waals surface area contributed by atoms with E-state index in [1.165, 1.54) is 6.07 Å². The first-order valence-corrected chi connectivity index (χ1v) is 7.56. The maximum atomic E-state index is 11.0. The predicted octanol–water partition coefficient (Wildman–Crippen LogP) is 2.21. The van der Waals surface area contributed by atoms with Gasteiger partial charge in [-0.15, -0.1) is 0 Å². The van der Waals surface area contributed by atoms with Crippen molar-refractivity contribution in [2.75, 3.05) is 18.5 Å². The minimum atomic E-state index is -0.407. The Labute approximate surface area is 122 Å². The van der Waals surface area contributed by atoms with Crippen molar-refractivity contribution in [2.24, 2.45) is 5.84 Å². The molecule has 0 spiro atoms. The van der Waals surface area contributed by atoms with Crippen molar-refractivity contribution in [3.8, 4) is 0 Å². The van der Waals surface area contributed by atoms with Crippen molar-refractivity contribution >= 4 is 23.1 Å². The molecule has 0 aliphatic carbocycles. The molecule has 1 aliphatic rings. The molecule has 1 aromatic carbocycles. The smallest absolute Gasteiger partial charge is 0.293 e. The highest BCUT2D eigenvalue weighted by atomic mass is 32.2. The number of nitrogen functional groups attached to an aromatic ring is 1. The fourth-order valence-electron chi connectivity index (χ4n) is 2.69. The third-order valence-corrected chi connectivity index (χ3v) is 4.59. The quantitative estimate of drug-likeness (QED) is 0.503. The number of hydrogen-bond donors (Lipinski definition) is 2. The van der Waals surface area contributed by atoms with Crippen LogP contribution < -0.4 is 11.3 Å². The maximum absolute atomic E-state index is 11.0. The number of nitro benzene ring substituents is 1. The molecule has 6 nitrogen and oxygen atoms in total. The number of hydrazine groups is 1. The van der Waals surface area contributed by atoms with Crippen molar-refractivity contribution in [3.05, 3.63) is 33.9 Å². The van der Waals surface area contributed by atoms with Crippen LogP contribution in [-0.4, -0.2) is 33.4 Å². The normalized spacial score (nSPS) is 23.6. The Balaban J connectivity index is 2.20. The van der Waals surface area contributed by atoms with E-state index >= 15 is 0 Å². The second-order valence-electron chi connectivity index (χ2n) is 5.16. The third kappa shape index (κ3) is 3.41. The standard InChI is InChI=1S/C13H20N4O2S/c1-9-6-16(7-10(2)20-9)8-11-4-3-5-12(17(18)19)13(11)15-14/h3-5,9-10,15H,6-8,14H2,1-2H3. The Morgan fingerprint density at radius 2 is 2.10 bits per heavy atom. The molecule has 0 bridgehead atoms. The van der Waals surface area contributed by atoms with Crippen molar-refractivity contribution in [1.29, 1.82) is 0 Å². The van der Waals surface area contributed by atoms with Crippen LogP contribution in [0.25, 0.3) is 0 Å². The second kappa shape index (κ2) is 6.43. The molecule has 1 heterocycles. The van der Waals surface area contributed by atoms with Gasteiger partial charge in [0, 0.05) is 36.2 Å². The van der Waals surface area contributed by atoms with Crippen molar-refractivity contribution < 1.29 is 4.92 Å². The first-order valence-electron chi connectivity index (χ1n) is 6.62. The molecule has 2 rings (SSSR count). The largest absolute Gasteiger partial charge is 0.318 e. The zero-order valence-electron chi connectivity index (χ0n) is 11.7. The molecule has 20 heavy (non-hydrogen) atoms. The Bertz CT molecular complexity index is 487. The molecule has 0 saturated carbocycles. The van der Waals surface area contributed by atoms with Gasteiger partial charge < -0.3 is 5.43 Å². The number of thioether (sulfide) groups is 1. The summed E-state index contributed by atoms with van der Waals surface area (Å²) < 4.78 is 0. The van der Waals surface area contributed by atoms with E-state index in [0.29, 0.717) is 22.7 Å². The lowest BCUT2D eigenvalue weighted by Gasteiger charge is -2.34. The average Bonchev–Trinajstić information content (AvgIpc) is 2.37. The van der Waals surface area contributed by atoms with Gasteiger partial charge in [0.15, 0.2) is 0 Å². The van der Waals surface area contributed by atoms with E-state index in [9.17, 15) is 10.1 Å². The van der Waals surface area contributed by atoms with Crippen LogP contribution in [0.5, 0.6) is 0 Å².